The first-order chi connectivity index (χ1) is 14.6. The highest BCUT2D eigenvalue weighted by molar-refractivity contribution is 5.68. The molecule has 0 fully saturated rings. The van der Waals surface area contributed by atoms with Crippen LogP contribution < -0.4 is 4.74 Å². The van der Waals surface area contributed by atoms with Gasteiger partial charge in [0, 0.05) is 12.8 Å². The molecular formula is C19H24O13. The summed E-state index contributed by atoms with van der Waals surface area (Å²) in [7, 11) is 0. The van der Waals surface area contributed by atoms with Crippen LogP contribution in [-0.2, 0) is 11.8 Å². The molecule has 0 aliphatic heterocycles. The molecule has 13 nitrogen and oxygen atoms in total. The molecule has 0 aromatic heterocycles. The van der Waals surface area contributed by atoms with E-state index in [1.807, 2.05) is 0 Å². The van der Waals surface area contributed by atoms with Crippen molar-refractivity contribution in [2.24, 2.45) is 0 Å². The maximum atomic E-state index is 11.2. The van der Waals surface area contributed by atoms with Crippen LogP contribution in [0.15, 0.2) is 24.3 Å². The number of rotatable bonds is 9. The zero-order valence-corrected chi connectivity index (χ0v) is 16.4. The van der Waals surface area contributed by atoms with Crippen LogP contribution in [-0.4, -0.2) is 67.3 Å². The Labute approximate surface area is 180 Å². The molecule has 0 bridgehead atoms. The Kier molecular flexibility index (Phi) is 6.96. The van der Waals surface area contributed by atoms with Crippen LogP contribution in [0, 0.1) is 0 Å². The molecule has 1 atom stereocenters. The Morgan fingerprint density at radius 2 is 1.09 bits per heavy atom. The lowest BCUT2D eigenvalue weighted by Gasteiger charge is -2.32. The van der Waals surface area contributed by atoms with Crippen LogP contribution in [0.25, 0.3) is 0 Å². The maximum Gasteiger partial charge on any atom is 0.308 e. The minimum absolute atomic E-state index is 0.168. The SMILES string of the molecule is Oc1c(O)c(O)c(C(O)(CCCCC(O)(O)O)Oc2ccccc2C(O)(O)O)c(O)c1O. The van der Waals surface area contributed by atoms with E-state index in [2.05, 4.69) is 0 Å². The third-order valence-electron chi connectivity index (χ3n) is 4.57. The number of ether oxygens (including phenoxy) is 1. The molecule has 1 unspecified atom stereocenters. The van der Waals surface area contributed by atoms with E-state index < -0.39 is 76.2 Å². The van der Waals surface area contributed by atoms with Gasteiger partial charge in [-0.15, -0.1) is 0 Å². The lowest BCUT2D eigenvalue weighted by molar-refractivity contribution is -0.325. The fraction of sp³-hybridized carbons (Fsp3) is 0.368. The van der Waals surface area contributed by atoms with Crippen molar-refractivity contribution < 1.29 is 66.0 Å². The summed E-state index contributed by atoms with van der Waals surface area (Å²) in [5.74, 6) is -16.5. The molecule has 0 aliphatic carbocycles. The second-order valence-electron chi connectivity index (χ2n) is 7.12. The summed E-state index contributed by atoms with van der Waals surface area (Å²) >= 11 is 0. The van der Waals surface area contributed by atoms with Gasteiger partial charge in [0.25, 0.3) is 5.97 Å². The van der Waals surface area contributed by atoms with Crippen LogP contribution in [0.5, 0.6) is 34.5 Å². The van der Waals surface area contributed by atoms with E-state index in [9.17, 15) is 46.0 Å². The number of aromatic hydroxyl groups is 5. The summed E-state index contributed by atoms with van der Waals surface area (Å²) in [6.07, 6.45) is -1.58. The van der Waals surface area contributed by atoms with Gasteiger partial charge in [0.2, 0.25) is 23.0 Å². The Morgan fingerprint density at radius 3 is 1.59 bits per heavy atom. The molecular weight excluding hydrogens is 436 g/mol. The molecule has 2 aromatic rings. The second-order valence-corrected chi connectivity index (χ2v) is 7.12. The summed E-state index contributed by atoms with van der Waals surface area (Å²) in [5.41, 5.74) is -1.72. The summed E-state index contributed by atoms with van der Waals surface area (Å²) in [4.78, 5) is 0. The van der Waals surface area contributed by atoms with E-state index in [0.29, 0.717) is 0 Å². The topological polar surface area (TPSA) is 252 Å². The lowest BCUT2D eigenvalue weighted by Crippen LogP contribution is -2.35. The quantitative estimate of drug-likeness (QED) is 0.0902. The monoisotopic (exact) mass is 460 g/mol. The standard InChI is InChI=1S/C19H24O13/c20-12-11(13(21)15(23)16(24)14(12)22)17(25,7-3-4-8-18(26,27)28)32-10-6-2-1-5-9(10)19(29,30)31/h1-2,5-6,20-31H,3-4,7-8H2. The number of hydrogen-bond acceptors (Lipinski definition) is 13. The van der Waals surface area contributed by atoms with Crippen LogP contribution in [0.3, 0.4) is 0 Å². The van der Waals surface area contributed by atoms with Gasteiger partial charge in [-0.1, -0.05) is 12.1 Å². The Balaban J connectivity index is 2.58. The van der Waals surface area contributed by atoms with Crippen molar-refractivity contribution in [1.29, 1.82) is 0 Å². The van der Waals surface area contributed by atoms with Gasteiger partial charge in [0.1, 0.15) is 11.3 Å². The minimum Gasteiger partial charge on any atom is -0.504 e. The molecule has 178 valence electrons. The Hall–Kier alpha value is -3.04. The van der Waals surface area contributed by atoms with Gasteiger partial charge in [-0.2, -0.15) is 0 Å². The number of aliphatic hydroxyl groups is 7. The number of phenolic OH excluding ortho intramolecular Hbond substituents is 5. The molecule has 0 radical (unpaired) electrons. The first-order valence-corrected chi connectivity index (χ1v) is 9.13. The molecule has 2 rings (SSSR count). The zero-order valence-electron chi connectivity index (χ0n) is 16.4. The summed E-state index contributed by atoms with van der Waals surface area (Å²) in [5, 5.41) is 116. The zero-order chi connectivity index (χ0) is 24.5. The van der Waals surface area contributed by atoms with E-state index in [1.165, 1.54) is 12.1 Å². The van der Waals surface area contributed by atoms with E-state index in [4.69, 9.17) is 20.1 Å². The van der Waals surface area contributed by atoms with E-state index in [1.54, 1.807) is 0 Å². The van der Waals surface area contributed by atoms with Crippen molar-refractivity contribution in [2.45, 2.75) is 43.4 Å². The van der Waals surface area contributed by atoms with E-state index >= 15 is 0 Å². The number of unbranched alkanes of at least 4 members (excludes halogenated alkanes) is 1. The molecule has 0 saturated heterocycles. The largest absolute Gasteiger partial charge is 0.504 e. The molecule has 0 spiro atoms. The summed E-state index contributed by atoms with van der Waals surface area (Å²) in [6.45, 7) is 0. The molecule has 32 heavy (non-hydrogen) atoms. The highest BCUT2D eigenvalue weighted by Crippen LogP contribution is 2.55. The van der Waals surface area contributed by atoms with Crippen molar-refractivity contribution in [3.63, 3.8) is 0 Å². The normalized spacial score (nSPS) is 14.2. The number of phenols is 5. The predicted molar refractivity (Wildman–Crippen MR) is 102 cm³/mol. The van der Waals surface area contributed by atoms with E-state index in [0.717, 1.165) is 12.1 Å². The average molecular weight is 460 g/mol. The van der Waals surface area contributed by atoms with E-state index in [-0.39, 0.29) is 12.8 Å². The molecule has 0 saturated carbocycles. The summed E-state index contributed by atoms with van der Waals surface area (Å²) in [6, 6.07) is 4.63. The Morgan fingerprint density at radius 1 is 0.625 bits per heavy atom. The number of para-hydroxylation sites is 1. The number of benzene rings is 2. The molecule has 0 aliphatic rings. The third kappa shape index (κ3) is 5.41. The van der Waals surface area contributed by atoms with Gasteiger partial charge in [-0.25, -0.2) is 0 Å². The smallest absolute Gasteiger partial charge is 0.308 e. The van der Waals surface area contributed by atoms with Crippen molar-refractivity contribution >= 4 is 0 Å². The predicted octanol–water partition coefficient (Wildman–Crippen LogP) is -1.28. The highest BCUT2D eigenvalue weighted by Gasteiger charge is 2.42. The molecule has 0 heterocycles. The van der Waals surface area contributed by atoms with Crippen LogP contribution >= 0.6 is 0 Å². The van der Waals surface area contributed by atoms with Crippen LogP contribution in [0.2, 0.25) is 0 Å². The first kappa shape index (κ1) is 25.2. The fourth-order valence-corrected chi connectivity index (χ4v) is 3.02. The van der Waals surface area contributed by atoms with Gasteiger partial charge < -0.3 is 66.0 Å². The minimum atomic E-state index is -3.44. The maximum absolute atomic E-state index is 11.2. The first-order valence-electron chi connectivity index (χ1n) is 9.13. The van der Waals surface area contributed by atoms with Gasteiger partial charge in [-0.05, 0) is 25.0 Å². The lowest BCUT2D eigenvalue weighted by atomic mass is 9.95. The molecule has 12 N–H and O–H groups in total. The van der Waals surface area contributed by atoms with Crippen molar-refractivity contribution in [3.05, 3.63) is 35.4 Å². The van der Waals surface area contributed by atoms with Gasteiger partial charge in [0.15, 0.2) is 11.5 Å². The van der Waals surface area contributed by atoms with Gasteiger partial charge in [-0.3, -0.25) is 0 Å². The molecule has 13 heteroatoms. The second kappa shape index (κ2) is 8.84. The van der Waals surface area contributed by atoms with Crippen LogP contribution in [0.1, 0.15) is 36.8 Å². The molecule has 2 aromatic carbocycles. The van der Waals surface area contributed by atoms with Crippen molar-refractivity contribution in [1.82, 2.24) is 0 Å². The van der Waals surface area contributed by atoms with Crippen molar-refractivity contribution in [2.75, 3.05) is 0 Å². The number of hydrogen-bond donors (Lipinski definition) is 12. The third-order valence-corrected chi connectivity index (χ3v) is 4.57. The fourth-order valence-electron chi connectivity index (χ4n) is 3.02. The van der Waals surface area contributed by atoms with Gasteiger partial charge >= 0.3 is 5.97 Å². The average Bonchev–Trinajstić information content (AvgIpc) is 2.67. The Bertz CT molecular complexity index is 932. The van der Waals surface area contributed by atoms with Gasteiger partial charge in [0.05, 0.1) is 5.56 Å². The molecule has 0 amide bonds. The van der Waals surface area contributed by atoms with Crippen molar-refractivity contribution in [3.8, 4) is 34.5 Å². The highest BCUT2D eigenvalue weighted by atomic mass is 16.7. The summed E-state index contributed by atoms with van der Waals surface area (Å²) < 4.78 is 5.35. The van der Waals surface area contributed by atoms with Crippen LogP contribution in [0.4, 0.5) is 0 Å².